The van der Waals surface area contributed by atoms with Crippen LogP contribution in [0.5, 0.6) is 0 Å². The number of rotatable bonds is 5. The van der Waals surface area contributed by atoms with E-state index in [1.165, 1.54) is 19.2 Å². The Labute approximate surface area is 113 Å². The van der Waals surface area contributed by atoms with E-state index in [9.17, 15) is 4.79 Å². The Morgan fingerprint density at radius 2 is 2.21 bits per heavy atom. The largest absolute Gasteiger partial charge is 0.341 e. The Morgan fingerprint density at radius 3 is 2.89 bits per heavy atom. The molecule has 1 aliphatic carbocycles. The van der Waals surface area contributed by atoms with Crippen molar-refractivity contribution in [1.82, 2.24) is 19.7 Å². The van der Waals surface area contributed by atoms with Gasteiger partial charge in [-0.05, 0) is 31.1 Å². The highest BCUT2D eigenvalue weighted by Crippen LogP contribution is 2.40. The van der Waals surface area contributed by atoms with Gasteiger partial charge in [-0.15, -0.1) is 0 Å². The average molecular weight is 263 g/mol. The topological polar surface area (TPSA) is 77.0 Å². The van der Waals surface area contributed by atoms with Gasteiger partial charge in [0.25, 0.3) is 0 Å². The summed E-state index contributed by atoms with van der Waals surface area (Å²) in [5, 5.41) is 4.03. The van der Waals surface area contributed by atoms with Gasteiger partial charge in [-0.2, -0.15) is 5.10 Å². The number of aromatic nitrogens is 3. The molecule has 1 aliphatic heterocycles. The summed E-state index contributed by atoms with van der Waals surface area (Å²) in [5.74, 6) is 1.56. The van der Waals surface area contributed by atoms with Crippen molar-refractivity contribution in [3.63, 3.8) is 0 Å². The minimum Gasteiger partial charge on any atom is -0.341 e. The third-order valence-corrected chi connectivity index (χ3v) is 4.24. The Balaban J connectivity index is 1.43. The molecule has 0 radical (unpaired) electrons. The number of carbonyl (C=O) groups is 1. The summed E-state index contributed by atoms with van der Waals surface area (Å²) >= 11 is 0. The zero-order valence-corrected chi connectivity index (χ0v) is 11.1. The number of hydrogen-bond donors (Lipinski definition) is 1. The van der Waals surface area contributed by atoms with Crippen molar-refractivity contribution in [2.24, 2.45) is 17.6 Å². The van der Waals surface area contributed by atoms with E-state index >= 15 is 0 Å². The molecule has 1 aromatic heterocycles. The van der Waals surface area contributed by atoms with Crippen molar-refractivity contribution in [3.8, 4) is 0 Å². The first-order chi connectivity index (χ1) is 9.24. The molecule has 2 heterocycles. The van der Waals surface area contributed by atoms with Gasteiger partial charge >= 0.3 is 0 Å². The van der Waals surface area contributed by atoms with Crippen LogP contribution >= 0.6 is 0 Å². The molecule has 1 saturated carbocycles. The van der Waals surface area contributed by atoms with Gasteiger partial charge in [0, 0.05) is 32.1 Å². The van der Waals surface area contributed by atoms with E-state index in [4.69, 9.17) is 5.73 Å². The van der Waals surface area contributed by atoms with Crippen LogP contribution in [-0.4, -0.2) is 44.7 Å². The van der Waals surface area contributed by atoms with Crippen LogP contribution in [0.2, 0.25) is 0 Å². The van der Waals surface area contributed by atoms with E-state index in [1.807, 2.05) is 4.90 Å². The molecule has 0 aromatic carbocycles. The van der Waals surface area contributed by atoms with Crippen LogP contribution in [0.25, 0.3) is 0 Å². The summed E-state index contributed by atoms with van der Waals surface area (Å²) in [6, 6.07) is 0.187. The van der Waals surface area contributed by atoms with Crippen LogP contribution in [0.15, 0.2) is 12.7 Å². The van der Waals surface area contributed by atoms with Gasteiger partial charge in [-0.1, -0.05) is 0 Å². The van der Waals surface area contributed by atoms with Crippen LogP contribution in [0.3, 0.4) is 0 Å². The maximum Gasteiger partial charge on any atom is 0.222 e. The molecule has 0 spiro atoms. The summed E-state index contributed by atoms with van der Waals surface area (Å²) in [4.78, 5) is 18.0. The first kappa shape index (κ1) is 12.6. The summed E-state index contributed by atoms with van der Waals surface area (Å²) in [7, 11) is 0. The van der Waals surface area contributed by atoms with Crippen LogP contribution in [0.1, 0.15) is 25.7 Å². The number of carbonyl (C=O) groups excluding carboxylic acids is 1. The lowest BCUT2D eigenvalue weighted by Crippen LogP contribution is -2.32. The highest BCUT2D eigenvalue weighted by atomic mass is 16.2. The molecule has 0 bridgehead atoms. The van der Waals surface area contributed by atoms with E-state index in [0.717, 1.165) is 32.0 Å². The normalized spacial score (nSPS) is 26.9. The van der Waals surface area contributed by atoms with Gasteiger partial charge in [0.2, 0.25) is 5.91 Å². The first-order valence-corrected chi connectivity index (χ1v) is 7.10. The fourth-order valence-corrected chi connectivity index (χ4v) is 2.98. The van der Waals surface area contributed by atoms with Crippen LogP contribution < -0.4 is 5.73 Å². The smallest absolute Gasteiger partial charge is 0.222 e. The highest BCUT2D eigenvalue weighted by molar-refractivity contribution is 5.76. The Morgan fingerprint density at radius 1 is 1.37 bits per heavy atom. The molecule has 6 heteroatoms. The first-order valence-electron chi connectivity index (χ1n) is 7.10. The molecule has 19 heavy (non-hydrogen) atoms. The van der Waals surface area contributed by atoms with E-state index in [-0.39, 0.29) is 11.9 Å². The maximum absolute atomic E-state index is 12.1. The molecule has 1 amide bonds. The molecular weight excluding hydrogens is 242 g/mol. The van der Waals surface area contributed by atoms with Gasteiger partial charge in [0.05, 0.1) is 0 Å². The summed E-state index contributed by atoms with van der Waals surface area (Å²) in [5.41, 5.74) is 6.14. The monoisotopic (exact) mass is 263 g/mol. The van der Waals surface area contributed by atoms with E-state index in [2.05, 4.69) is 10.1 Å². The van der Waals surface area contributed by atoms with Crippen molar-refractivity contribution in [2.75, 3.05) is 13.1 Å². The minimum absolute atomic E-state index is 0.187. The Kier molecular flexibility index (Phi) is 3.50. The van der Waals surface area contributed by atoms with E-state index < -0.39 is 0 Å². The van der Waals surface area contributed by atoms with Crippen molar-refractivity contribution in [1.29, 1.82) is 0 Å². The fraction of sp³-hybridized carbons (Fsp3) is 0.769. The quantitative estimate of drug-likeness (QED) is 0.826. The number of amides is 1. The van der Waals surface area contributed by atoms with Crippen molar-refractivity contribution in [3.05, 3.63) is 12.7 Å². The molecule has 6 nitrogen and oxygen atoms in total. The average Bonchev–Trinajstić information content (AvgIpc) is 2.96. The number of nitrogens with zero attached hydrogens (tertiary/aromatic N) is 4. The van der Waals surface area contributed by atoms with Crippen molar-refractivity contribution in [2.45, 2.75) is 38.3 Å². The SMILES string of the molecule is N[C@H]1CN(C(=O)CCCn2cncn2)C[C@@H]1C1CC1. The second kappa shape index (κ2) is 5.28. The zero-order chi connectivity index (χ0) is 13.2. The molecule has 0 unspecified atom stereocenters. The van der Waals surface area contributed by atoms with Gasteiger partial charge in [-0.25, -0.2) is 4.98 Å². The summed E-state index contributed by atoms with van der Waals surface area (Å²) in [6.45, 7) is 2.36. The lowest BCUT2D eigenvalue weighted by Gasteiger charge is -2.16. The van der Waals surface area contributed by atoms with Gasteiger partial charge in [0.15, 0.2) is 0 Å². The molecule has 3 rings (SSSR count). The molecule has 2 N–H and O–H groups in total. The molecule has 2 atom stereocenters. The standard InChI is InChI=1S/C13H21N5O/c14-12-7-17(6-11(12)10-3-4-10)13(19)2-1-5-18-9-15-8-16-18/h8-12H,1-7,14H2/t11-,12+/m1/s1. The van der Waals surface area contributed by atoms with Gasteiger partial charge in [-0.3, -0.25) is 9.48 Å². The number of aryl methyl sites for hydroxylation is 1. The van der Waals surface area contributed by atoms with Crippen LogP contribution in [-0.2, 0) is 11.3 Å². The summed E-state index contributed by atoms with van der Waals surface area (Å²) in [6.07, 6.45) is 7.17. The van der Waals surface area contributed by atoms with E-state index in [0.29, 0.717) is 12.3 Å². The maximum atomic E-state index is 12.1. The lowest BCUT2D eigenvalue weighted by molar-refractivity contribution is -0.130. The molecule has 2 aliphatic rings. The van der Waals surface area contributed by atoms with Crippen LogP contribution in [0.4, 0.5) is 0 Å². The lowest BCUT2D eigenvalue weighted by atomic mass is 9.99. The molecule has 2 fully saturated rings. The Hall–Kier alpha value is -1.43. The van der Waals surface area contributed by atoms with Crippen molar-refractivity contribution < 1.29 is 4.79 Å². The predicted molar refractivity (Wildman–Crippen MR) is 70.0 cm³/mol. The van der Waals surface area contributed by atoms with Gasteiger partial charge in [0.1, 0.15) is 12.7 Å². The van der Waals surface area contributed by atoms with E-state index in [1.54, 1.807) is 11.0 Å². The van der Waals surface area contributed by atoms with Gasteiger partial charge < -0.3 is 10.6 Å². The molecule has 1 saturated heterocycles. The Bertz CT molecular complexity index is 428. The zero-order valence-electron chi connectivity index (χ0n) is 11.1. The number of nitrogens with two attached hydrogens (primary N) is 1. The van der Waals surface area contributed by atoms with Crippen molar-refractivity contribution >= 4 is 5.91 Å². The summed E-state index contributed by atoms with van der Waals surface area (Å²) < 4.78 is 1.76. The second-order valence-corrected chi connectivity index (χ2v) is 5.73. The van der Waals surface area contributed by atoms with Crippen LogP contribution in [0, 0.1) is 11.8 Å². The second-order valence-electron chi connectivity index (χ2n) is 5.73. The molecule has 104 valence electrons. The molecule has 1 aromatic rings. The highest BCUT2D eigenvalue weighted by Gasteiger charge is 2.41. The predicted octanol–water partition coefficient (Wildman–Crippen LogP) is 0.254. The third kappa shape index (κ3) is 2.94. The number of hydrogen-bond acceptors (Lipinski definition) is 4. The fourth-order valence-electron chi connectivity index (χ4n) is 2.98. The minimum atomic E-state index is 0.187. The third-order valence-electron chi connectivity index (χ3n) is 4.24. The molecular formula is C13H21N5O. The number of likely N-dealkylation sites (tertiary alicyclic amines) is 1.